The van der Waals surface area contributed by atoms with Crippen molar-refractivity contribution in [2.24, 2.45) is 15.3 Å². The molecule has 0 atom stereocenters. The summed E-state index contributed by atoms with van der Waals surface area (Å²) in [4.78, 5) is 17.3. The number of hydrazone groups is 1. The lowest BCUT2D eigenvalue weighted by Crippen LogP contribution is -2.11. The summed E-state index contributed by atoms with van der Waals surface area (Å²) in [5, 5.41) is 19.0. The standard InChI is InChI=1S/C27H29N7O2S/c1-7-36-26(35)24-23(20(6)34(33-24)22-14-10-17(3)11-15-22)18(4)29-32-27-28-19(5)25(37-27)31-30-21-12-8-16(2)9-13-21/h8-15H,7H2,1-6H3,(H,28,32)/b29-18+,31-30?. The molecule has 0 fully saturated rings. The van der Waals surface area contributed by atoms with E-state index in [0.717, 1.165) is 28.3 Å². The Balaban J connectivity index is 1.61. The summed E-state index contributed by atoms with van der Waals surface area (Å²) in [6, 6.07) is 15.7. The fourth-order valence-corrected chi connectivity index (χ4v) is 4.38. The lowest BCUT2D eigenvalue weighted by Gasteiger charge is -2.06. The minimum atomic E-state index is -0.495. The van der Waals surface area contributed by atoms with E-state index >= 15 is 0 Å². The zero-order chi connectivity index (χ0) is 26.5. The summed E-state index contributed by atoms with van der Waals surface area (Å²) in [7, 11) is 0. The number of esters is 1. The van der Waals surface area contributed by atoms with Crippen LogP contribution in [0.15, 0.2) is 63.9 Å². The molecular formula is C27H29N7O2S. The molecule has 1 N–H and O–H groups in total. The van der Waals surface area contributed by atoms with E-state index < -0.39 is 5.97 Å². The number of carbonyl (C=O) groups is 1. The van der Waals surface area contributed by atoms with Gasteiger partial charge < -0.3 is 4.74 Å². The van der Waals surface area contributed by atoms with Gasteiger partial charge in [0.15, 0.2) is 10.7 Å². The van der Waals surface area contributed by atoms with Crippen LogP contribution in [0, 0.1) is 27.7 Å². The van der Waals surface area contributed by atoms with Crippen molar-refractivity contribution in [3.8, 4) is 5.69 Å². The van der Waals surface area contributed by atoms with Crippen LogP contribution >= 0.6 is 11.3 Å². The Morgan fingerprint density at radius 3 is 2.30 bits per heavy atom. The van der Waals surface area contributed by atoms with E-state index in [4.69, 9.17) is 4.74 Å². The van der Waals surface area contributed by atoms with E-state index in [2.05, 4.69) is 30.8 Å². The molecule has 2 aromatic heterocycles. The smallest absolute Gasteiger partial charge is 0.359 e. The molecule has 0 bridgehead atoms. The van der Waals surface area contributed by atoms with Crippen LogP contribution in [0.4, 0.5) is 15.8 Å². The van der Waals surface area contributed by atoms with E-state index in [9.17, 15) is 4.79 Å². The van der Waals surface area contributed by atoms with Gasteiger partial charge >= 0.3 is 5.97 Å². The average Bonchev–Trinajstić information content (AvgIpc) is 3.42. The maximum absolute atomic E-state index is 12.7. The number of hydrogen-bond donors (Lipinski definition) is 1. The van der Waals surface area contributed by atoms with Gasteiger partial charge in [-0.25, -0.2) is 14.5 Å². The molecule has 4 rings (SSSR count). The Morgan fingerprint density at radius 2 is 1.65 bits per heavy atom. The number of ether oxygens (including phenoxy) is 1. The second-order valence-corrected chi connectivity index (χ2v) is 9.51. The van der Waals surface area contributed by atoms with Gasteiger partial charge in [-0.05, 0) is 65.8 Å². The predicted molar refractivity (Wildman–Crippen MR) is 147 cm³/mol. The zero-order valence-corrected chi connectivity index (χ0v) is 22.6. The molecule has 0 saturated carbocycles. The van der Waals surface area contributed by atoms with Crippen LogP contribution in [0.3, 0.4) is 0 Å². The number of rotatable bonds is 8. The van der Waals surface area contributed by atoms with Crippen molar-refractivity contribution in [2.75, 3.05) is 12.0 Å². The van der Waals surface area contributed by atoms with Gasteiger partial charge in [-0.3, -0.25) is 5.43 Å². The van der Waals surface area contributed by atoms with Gasteiger partial charge in [0.05, 0.1) is 40.6 Å². The quantitative estimate of drug-likeness (QED) is 0.118. The molecule has 0 aliphatic heterocycles. The molecule has 2 aromatic carbocycles. The second kappa shape index (κ2) is 11.3. The molecule has 0 spiro atoms. The lowest BCUT2D eigenvalue weighted by molar-refractivity contribution is 0.0518. The van der Waals surface area contributed by atoms with Crippen LogP contribution in [0.25, 0.3) is 5.69 Å². The lowest BCUT2D eigenvalue weighted by atomic mass is 10.1. The SMILES string of the molecule is CCOC(=O)c1nn(-c2ccc(C)cc2)c(C)c1/C(C)=N/Nc1nc(C)c(N=Nc2ccc(C)cc2)s1. The van der Waals surface area contributed by atoms with Crippen molar-refractivity contribution in [3.63, 3.8) is 0 Å². The van der Waals surface area contributed by atoms with Crippen LogP contribution < -0.4 is 5.43 Å². The Bertz CT molecular complexity index is 1470. The Morgan fingerprint density at radius 1 is 1.00 bits per heavy atom. The molecule has 4 aromatic rings. The van der Waals surface area contributed by atoms with Gasteiger partial charge in [0.1, 0.15) is 0 Å². The maximum atomic E-state index is 12.7. The molecule has 0 aliphatic carbocycles. The fourth-order valence-electron chi connectivity index (χ4n) is 3.65. The van der Waals surface area contributed by atoms with Crippen LogP contribution in [0.1, 0.15) is 52.4 Å². The van der Waals surface area contributed by atoms with Gasteiger partial charge in [-0.2, -0.15) is 10.2 Å². The number of nitrogens with zero attached hydrogens (tertiary/aromatic N) is 6. The first-order valence-corrected chi connectivity index (χ1v) is 12.7. The van der Waals surface area contributed by atoms with Gasteiger partial charge in [0, 0.05) is 0 Å². The molecule has 190 valence electrons. The minimum Gasteiger partial charge on any atom is -0.461 e. The summed E-state index contributed by atoms with van der Waals surface area (Å²) in [5.74, 6) is -0.495. The number of hydrogen-bond acceptors (Lipinski definition) is 9. The second-order valence-electron chi connectivity index (χ2n) is 8.53. The number of azo groups is 1. The van der Waals surface area contributed by atoms with E-state index in [1.165, 1.54) is 16.9 Å². The number of aryl methyl sites for hydroxylation is 3. The van der Waals surface area contributed by atoms with Crippen molar-refractivity contribution in [1.82, 2.24) is 14.8 Å². The third-order valence-corrected chi connectivity index (χ3v) is 6.55. The van der Waals surface area contributed by atoms with E-state index in [-0.39, 0.29) is 12.3 Å². The predicted octanol–water partition coefficient (Wildman–Crippen LogP) is 6.99. The first-order valence-electron chi connectivity index (χ1n) is 11.9. The van der Waals surface area contributed by atoms with Crippen LogP contribution in [-0.2, 0) is 4.74 Å². The fraction of sp³-hybridized carbons (Fsp3) is 0.259. The van der Waals surface area contributed by atoms with Crippen LogP contribution in [0.5, 0.6) is 0 Å². The maximum Gasteiger partial charge on any atom is 0.359 e. The van der Waals surface area contributed by atoms with Gasteiger partial charge in [0.2, 0.25) is 5.13 Å². The highest BCUT2D eigenvalue weighted by molar-refractivity contribution is 7.19. The van der Waals surface area contributed by atoms with Gasteiger partial charge in [0.25, 0.3) is 0 Å². The number of anilines is 1. The summed E-state index contributed by atoms with van der Waals surface area (Å²) in [6.07, 6.45) is 0. The van der Waals surface area contributed by atoms with Crippen molar-refractivity contribution in [1.29, 1.82) is 0 Å². The Hall–Kier alpha value is -4.18. The molecule has 0 saturated heterocycles. The van der Waals surface area contributed by atoms with Gasteiger partial charge in [-0.15, -0.1) is 10.2 Å². The molecular weight excluding hydrogens is 486 g/mol. The number of benzene rings is 2. The third-order valence-electron chi connectivity index (χ3n) is 5.61. The first-order chi connectivity index (χ1) is 17.8. The van der Waals surface area contributed by atoms with Crippen molar-refractivity contribution in [3.05, 3.63) is 82.3 Å². The summed E-state index contributed by atoms with van der Waals surface area (Å²) < 4.78 is 7.00. The minimum absolute atomic E-state index is 0.214. The molecule has 10 heteroatoms. The monoisotopic (exact) mass is 515 g/mol. The third kappa shape index (κ3) is 5.97. The average molecular weight is 516 g/mol. The number of aromatic nitrogens is 3. The molecule has 0 amide bonds. The largest absolute Gasteiger partial charge is 0.461 e. The molecule has 9 nitrogen and oxygen atoms in total. The van der Waals surface area contributed by atoms with Crippen LogP contribution in [0.2, 0.25) is 0 Å². The normalized spacial score (nSPS) is 11.8. The number of carbonyl (C=O) groups excluding carboxylic acids is 1. The highest BCUT2D eigenvalue weighted by atomic mass is 32.1. The van der Waals surface area contributed by atoms with E-state index in [1.807, 2.05) is 83.1 Å². The van der Waals surface area contributed by atoms with E-state index in [1.54, 1.807) is 11.6 Å². The topological polar surface area (TPSA) is 106 Å². The number of nitrogens with one attached hydrogen (secondary N) is 1. The molecule has 0 aliphatic rings. The molecule has 37 heavy (non-hydrogen) atoms. The summed E-state index contributed by atoms with van der Waals surface area (Å²) in [5.41, 5.74) is 9.84. The van der Waals surface area contributed by atoms with E-state index in [0.29, 0.717) is 21.4 Å². The highest BCUT2D eigenvalue weighted by Gasteiger charge is 2.24. The first kappa shape index (κ1) is 25.9. The van der Waals surface area contributed by atoms with Crippen molar-refractivity contribution >= 4 is 38.8 Å². The summed E-state index contributed by atoms with van der Waals surface area (Å²) in [6.45, 7) is 11.7. The van der Waals surface area contributed by atoms with Crippen molar-refractivity contribution < 1.29 is 9.53 Å². The Labute approximate surface area is 219 Å². The zero-order valence-electron chi connectivity index (χ0n) is 21.7. The van der Waals surface area contributed by atoms with Crippen LogP contribution in [-0.4, -0.2) is 33.1 Å². The molecule has 0 unspecified atom stereocenters. The van der Waals surface area contributed by atoms with Gasteiger partial charge in [-0.1, -0.05) is 46.7 Å². The molecule has 2 heterocycles. The number of thiazole rings is 1. The summed E-state index contributed by atoms with van der Waals surface area (Å²) >= 11 is 1.34. The van der Waals surface area contributed by atoms with Crippen molar-refractivity contribution in [2.45, 2.75) is 41.5 Å². The molecule has 0 radical (unpaired) electrons. The highest BCUT2D eigenvalue weighted by Crippen LogP contribution is 2.32. The Kier molecular flexibility index (Phi) is 7.88.